The van der Waals surface area contributed by atoms with Crippen molar-refractivity contribution in [1.29, 1.82) is 0 Å². The molecule has 1 fully saturated rings. The van der Waals surface area contributed by atoms with E-state index in [1.807, 2.05) is 13.8 Å². The van der Waals surface area contributed by atoms with Gasteiger partial charge in [0.2, 0.25) is 0 Å². The van der Waals surface area contributed by atoms with Gasteiger partial charge in [-0.3, -0.25) is 4.21 Å². The summed E-state index contributed by atoms with van der Waals surface area (Å²) in [4.78, 5) is 0. The lowest BCUT2D eigenvalue weighted by Gasteiger charge is -2.32. The van der Waals surface area contributed by atoms with E-state index in [1.165, 1.54) is 25.7 Å². The van der Waals surface area contributed by atoms with Crippen molar-refractivity contribution >= 4 is 10.8 Å². The summed E-state index contributed by atoms with van der Waals surface area (Å²) in [5.74, 6) is 1.32. The first-order valence-corrected chi connectivity index (χ1v) is 7.48. The van der Waals surface area contributed by atoms with Crippen molar-refractivity contribution in [3.05, 3.63) is 0 Å². The standard InChI is InChI=1S/C12H25NOS/c1-4-10-7-5-6-8-11(10)15(14)9-12(2,3)13/h10-11H,4-9,13H2,1-3H3. The summed E-state index contributed by atoms with van der Waals surface area (Å²) in [6, 6.07) is 0. The second kappa shape index (κ2) is 5.44. The first-order chi connectivity index (χ1) is 6.94. The van der Waals surface area contributed by atoms with Crippen LogP contribution in [-0.4, -0.2) is 20.8 Å². The van der Waals surface area contributed by atoms with Crippen molar-refractivity contribution in [1.82, 2.24) is 0 Å². The van der Waals surface area contributed by atoms with Crippen LogP contribution in [-0.2, 0) is 10.8 Å². The Labute approximate surface area is 96.5 Å². The van der Waals surface area contributed by atoms with E-state index >= 15 is 0 Å². The molecule has 0 saturated heterocycles. The quantitative estimate of drug-likeness (QED) is 0.807. The first-order valence-electron chi connectivity index (χ1n) is 6.10. The van der Waals surface area contributed by atoms with Crippen molar-refractivity contribution in [2.45, 2.75) is 63.7 Å². The SMILES string of the molecule is CCC1CCCCC1S(=O)CC(C)(C)N. The van der Waals surface area contributed by atoms with Crippen LogP contribution in [0.5, 0.6) is 0 Å². The largest absolute Gasteiger partial charge is 0.325 e. The number of hydrogen-bond acceptors (Lipinski definition) is 2. The Morgan fingerprint density at radius 2 is 1.93 bits per heavy atom. The van der Waals surface area contributed by atoms with Crippen LogP contribution in [0.3, 0.4) is 0 Å². The Hall–Kier alpha value is 0.110. The molecule has 0 bridgehead atoms. The van der Waals surface area contributed by atoms with Gasteiger partial charge in [-0.15, -0.1) is 0 Å². The fourth-order valence-corrected chi connectivity index (χ4v) is 4.60. The Morgan fingerprint density at radius 3 is 2.47 bits per heavy atom. The average Bonchev–Trinajstić information content (AvgIpc) is 2.15. The van der Waals surface area contributed by atoms with Crippen LogP contribution in [0.2, 0.25) is 0 Å². The summed E-state index contributed by atoms with van der Waals surface area (Å²) in [5, 5.41) is 0.409. The molecule has 3 heteroatoms. The molecule has 0 amide bonds. The van der Waals surface area contributed by atoms with E-state index in [2.05, 4.69) is 6.92 Å². The predicted molar refractivity (Wildman–Crippen MR) is 67.3 cm³/mol. The minimum Gasteiger partial charge on any atom is -0.325 e. The van der Waals surface area contributed by atoms with Crippen molar-refractivity contribution in [3.63, 3.8) is 0 Å². The number of rotatable bonds is 4. The zero-order valence-corrected chi connectivity index (χ0v) is 11.1. The maximum Gasteiger partial charge on any atom is 0.0412 e. The summed E-state index contributed by atoms with van der Waals surface area (Å²) in [7, 11) is -0.731. The zero-order valence-electron chi connectivity index (χ0n) is 10.3. The van der Waals surface area contributed by atoms with Gasteiger partial charge < -0.3 is 5.73 Å². The molecular formula is C12H25NOS. The molecule has 3 atom stereocenters. The normalized spacial score (nSPS) is 30.1. The van der Waals surface area contributed by atoms with Crippen LogP contribution in [0.25, 0.3) is 0 Å². The van der Waals surface area contributed by atoms with Gasteiger partial charge in [0.05, 0.1) is 0 Å². The second-order valence-electron chi connectivity index (χ2n) is 5.50. The van der Waals surface area contributed by atoms with Gasteiger partial charge in [0.15, 0.2) is 0 Å². The smallest absolute Gasteiger partial charge is 0.0412 e. The van der Waals surface area contributed by atoms with Crippen molar-refractivity contribution in [3.8, 4) is 0 Å². The fourth-order valence-electron chi connectivity index (χ4n) is 2.46. The highest BCUT2D eigenvalue weighted by Crippen LogP contribution is 2.31. The second-order valence-corrected chi connectivity index (χ2v) is 7.16. The van der Waals surface area contributed by atoms with Crippen LogP contribution in [0.15, 0.2) is 0 Å². The fraction of sp³-hybridized carbons (Fsp3) is 1.00. The third-order valence-electron chi connectivity index (χ3n) is 3.22. The van der Waals surface area contributed by atoms with Crippen molar-refractivity contribution < 1.29 is 4.21 Å². The molecule has 0 radical (unpaired) electrons. The highest BCUT2D eigenvalue weighted by Gasteiger charge is 2.30. The lowest BCUT2D eigenvalue weighted by atomic mass is 9.87. The third-order valence-corrected chi connectivity index (χ3v) is 5.54. The zero-order chi connectivity index (χ0) is 11.5. The van der Waals surface area contributed by atoms with Crippen LogP contribution in [0.1, 0.15) is 52.9 Å². The minimum absolute atomic E-state index is 0.291. The van der Waals surface area contributed by atoms with E-state index in [-0.39, 0.29) is 5.54 Å². The van der Waals surface area contributed by atoms with E-state index in [0.717, 1.165) is 6.42 Å². The number of hydrogen-bond donors (Lipinski definition) is 1. The molecule has 0 aromatic carbocycles. The van der Waals surface area contributed by atoms with Crippen LogP contribution < -0.4 is 5.73 Å². The van der Waals surface area contributed by atoms with Gasteiger partial charge in [-0.05, 0) is 32.6 Å². The first kappa shape index (κ1) is 13.2. The molecule has 0 spiro atoms. The molecule has 1 aliphatic carbocycles. The lowest BCUT2D eigenvalue weighted by Crippen LogP contribution is -2.42. The van der Waals surface area contributed by atoms with E-state index in [4.69, 9.17) is 5.73 Å². The molecule has 1 saturated carbocycles. The highest BCUT2D eigenvalue weighted by molar-refractivity contribution is 7.85. The molecule has 90 valence electrons. The molecular weight excluding hydrogens is 206 g/mol. The Balaban J connectivity index is 2.56. The van der Waals surface area contributed by atoms with Crippen molar-refractivity contribution in [2.75, 3.05) is 5.75 Å². The molecule has 3 unspecified atom stereocenters. The minimum atomic E-state index is -0.731. The monoisotopic (exact) mass is 231 g/mol. The van der Waals surface area contributed by atoms with Crippen LogP contribution in [0.4, 0.5) is 0 Å². The van der Waals surface area contributed by atoms with Gasteiger partial charge >= 0.3 is 0 Å². The summed E-state index contributed by atoms with van der Waals surface area (Å²) in [5.41, 5.74) is 5.65. The topological polar surface area (TPSA) is 43.1 Å². The van der Waals surface area contributed by atoms with Gasteiger partial charge in [-0.2, -0.15) is 0 Å². The Bertz CT molecular complexity index is 222. The Morgan fingerprint density at radius 1 is 1.33 bits per heavy atom. The summed E-state index contributed by atoms with van der Waals surface area (Å²) < 4.78 is 12.2. The number of nitrogens with two attached hydrogens (primary N) is 1. The summed E-state index contributed by atoms with van der Waals surface area (Å²) in [6.45, 7) is 6.15. The van der Waals surface area contributed by atoms with Gasteiger partial charge in [-0.1, -0.05) is 26.2 Å². The van der Waals surface area contributed by atoms with Gasteiger partial charge in [0.1, 0.15) is 0 Å². The van der Waals surface area contributed by atoms with E-state index in [1.54, 1.807) is 0 Å². The average molecular weight is 231 g/mol. The predicted octanol–water partition coefficient (Wildman–Crippen LogP) is 2.44. The molecule has 0 aliphatic heterocycles. The van der Waals surface area contributed by atoms with E-state index in [9.17, 15) is 4.21 Å². The van der Waals surface area contributed by atoms with Crippen molar-refractivity contribution in [2.24, 2.45) is 11.7 Å². The molecule has 0 aromatic rings. The van der Waals surface area contributed by atoms with E-state index < -0.39 is 10.8 Å². The van der Waals surface area contributed by atoms with Crippen LogP contribution in [0, 0.1) is 5.92 Å². The van der Waals surface area contributed by atoms with Crippen LogP contribution >= 0.6 is 0 Å². The highest BCUT2D eigenvalue weighted by atomic mass is 32.2. The molecule has 2 nitrogen and oxygen atoms in total. The third kappa shape index (κ3) is 4.23. The van der Waals surface area contributed by atoms with Gasteiger partial charge in [0.25, 0.3) is 0 Å². The molecule has 1 rings (SSSR count). The van der Waals surface area contributed by atoms with Gasteiger partial charge in [-0.25, -0.2) is 0 Å². The Kier molecular flexibility index (Phi) is 4.78. The van der Waals surface area contributed by atoms with E-state index in [0.29, 0.717) is 16.9 Å². The maximum absolute atomic E-state index is 12.2. The molecule has 2 N–H and O–H groups in total. The molecule has 0 heterocycles. The summed E-state index contributed by atoms with van der Waals surface area (Å²) in [6.07, 6.45) is 6.14. The summed E-state index contributed by atoms with van der Waals surface area (Å²) >= 11 is 0. The lowest BCUT2D eigenvalue weighted by molar-refractivity contribution is 0.354. The van der Waals surface area contributed by atoms with Gasteiger partial charge in [0, 0.05) is 27.3 Å². The molecule has 1 aliphatic rings. The maximum atomic E-state index is 12.2. The molecule has 0 aromatic heterocycles. The molecule has 15 heavy (non-hydrogen) atoms.